The maximum absolute atomic E-state index is 11.9. The number of allylic oxidation sites excluding steroid dienone is 4. The van der Waals surface area contributed by atoms with Gasteiger partial charge in [-0.05, 0) is 19.4 Å². The monoisotopic (exact) mass is 289 g/mol. The van der Waals surface area contributed by atoms with E-state index in [1.54, 1.807) is 32.1 Å². The van der Waals surface area contributed by atoms with Crippen LogP contribution >= 0.6 is 0 Å². The van der Waals surface area contributed by atoms with E-state index in [1.807, 2.05) is 0 Å². The molecule has 0 unspecified atom stereocenters. The van der Waals surface area contributed by atoms with Crippen LogP contribution in [0.5, 0.6) is 0 Å². The molecule has 0 spiro atoms. The van der Waals surface area contributed by atoms with Crippen LogP contribution in [0, 0.1) is 6.92 Å². The number of carbonyl (C=O) groups excluding carboxylic acids is 1. The Hall–Kier alpha value is -2.63. The number of hydrogen-bond donors (Lipinski definition) is 2. The molecule has 0 bridgehead atoms. The number of nitrogens with zero attached hydrogens (tertiary/aromatic N) is 1. The summed E-state index contributed by atoms with van der Waals surface area (Å²) >= 11 is 0. The Morgan fingerprint density at radius 2 is 2.14 bits per heavy atom. The molecule has 0 fully saturated rings. The van der Waals surface area contributed by atoms with Gasteiger partial charge in [0.1, 0.15) is 0 Å². The third-order valence-electron chi connectivity index (χ3n) is 2.94. The molecule has 1 rings (SSSR count). The van der Waals surface area contributed by atoms with Crippen LogP contribution in [0.3, 0.4) is 0 Å². The Morgan fingerprint density at radius 1 is 1.48 bits per heavy atom. The van der Waals surface area contributed by atoms with Gasteiger partial charge in [-0.1, -0.05) is 24.8 Å². The van der Waals surface area contributed by atoms with Gasteiger partial charge >= 0.3 is 5.97 Å². The number of rotatable bonds is 5. The molecule has 0 saturated carbocycles. The third kappa shape index (κ3) is 4.45. The number of ether oxygens (including phenoxy) is 1. The lowest BCUT2D eigenvalue weighted by Gasteiger charge is -2.05. The molecule has 0 aliphatic heterocycles. The van der Waals surface area contributed by atoms with Crippen molar-refractivity contribution >= 4 is 11.9 Å². The zero-order valence-electron chi connectivity index (χ0n) is 12.4. The smallest absolute Gasteiger partial charge is 0.333 e. The Morgan fingerprint density at radius 3 is 2.67 bits per heavy atom. The van der Waals surface area contributed by atoms with E-state index < -0.39 is 5.97 Å². The van der Waals surface area contributed by atoms with E-state index in [2.05, 4.69) is 21.3 Å². The number of aryl methyl sites for hydroxylation is 1. The fourth-order valence-electron chi connectivity index (χ4n) is 1.70. The van der Waals surface area contributed by atoms with Crippen molar-refractivity contribution in [3.63, 3.8) is 0 Å². The predicted octanol–water partition coefficient (Wildman–Crippen LogP) is 1.43. The molecule has 112 valence electrons. The highest BCUT2D eigenvalue weighted by atomic mass is 16.5. The van der Waals surface area contributed by atoms with Gasteiger partial charge in [0.2, 0.25) is 5.95 Å². The SMILES string of the molecule is C=C/C(=C\C=C(/C)C(=O)OC)Cc1c(C)nc(N)[nH]c1=O. The number of aromatic nitrogens is 2. The second-order valence-electron chi connectivity index (χ2n) is 4.48. The van der Waals surface area contributed by atoms with Crippen molar-refractivity contribution in [2.24, 2.45) is 0 Å². The van der Waals surface area contributed by atoms with Crippen molar-refractivity contribution in [3.8, 4) is 0 Å². The number of nitrogens with one attached hydrogen (secondary N) is 1. The maximum Gasteiger partial charge on any atom is 0.333 e. The maximum atomic E-state index is 11.9. The van der Waals surface area contributed by atoms with Gasteiger partial charge in [0.25, 0.3) is 5.56 Å². The second kappa shape index (κ2) is 7.23. The summed E-state index contributed by atoms with van der Waals surface area (Å²) in [5.41, 5.74) is 7.51. The minimum atomic E-state index is -0.405. The first-order valence-corrected chi connectivity index (χ1v) is 6.32. The van der Waals surface area contributed by atoms with Gasteiger partial charge in [0, 0.05) is 17.6 Å². The Bertz CT molecular complexity index is 669. The third-order valence-corrected chi connectivity index (χ3v) is 2.94. The first-order valence-electron chi connectivity index (χ1n) is 6.32. The lowest BCUT2D eigenvalue weighted by molar-refractivity contribution is -0.136. The highest BCUT2D eigenvalue weighted by Crippen LogP contribution is 2.10. The van der Waals surface area contributed by atoms with Crippen LogP contribution in [-0.4, -0.2) is 23.0 Å². The van der Waals surface area contributed by atoms with Crippen LogP contribution in [0.15, 0.2) is 40.7 Å². The molecule has 0 aliphatic rings. The van der Waals surface area contributed by atoms with Crippen LogP contribution in [0.25, 0.3) is 0 Å². The molecule has 1 aromatic heterocycles. The van der Waals surface area contributed by atoms with Gasteiger partial charge in [-0.3, -0.25) is 9.78 Å². The van der Waals surface area contributed by atoms with Gasteiger partial charge in [0.05, 0.1) is 12.8 Å². The highest BCUT2D eigenvalue weighted by Gasteiger charge is 2.08. The standard InChI is InChI=1S/C15H19N3O3/c1-5-11(7-6-9(2)14(20)21-4)8-12-10(3)17-15(16)18-13(12)19/h5-7H,1,8H2,2-4H3,(H3,16,17,18,19)/b9-6+,11-7+. The summed E-state index contributed by atoms with van der Waals surface area (Å²) in [5, 5.41) is 0. The van der Waals surface area contributed by atoms with Crippen LogP contribution in [0.2, 0.25) is 0 Å². The minimum Gasteiger partial charge on any atom is -0.466 e. The fraction of sp³-hybridized carbons (Fsp3) is 0.267. The highest BCUT2D eigenvalue weighted by molar-refractivity contribution is 5.87. The molecule has 1 heterocycles. The van der Waals surface area contributed by atoms with E-state index >= 15 is 0 Å². The largest absolute Gasteiger partial charge is 0.466 e. The van der Waals surface area contributed by atoms with E-state index in [9.17, 15) is 9.59 Å². The first-order chi connectivity index (χ1) is 9.88. The molecule has 0 saturated heterocycles. The second-order valence-corrected chi connectivity index (χ2v) is 4.48. The molecule has 0 radical (unpaired) electrons. The van der Waals surface area contributed by atoms with Crippen LogP contribution in [0.4, 0.5) is 5.95 Å². The Balaban J connectivity index is 3.07. The summed E-state index contributed by atoms with van der Waals surface area (Å²) in [6, 6.07) is 0. The van der Waals surface area contributed by atoms with Gasteiger partial charge < -0.3 is 10.5 Å². The molecule has 21 heavy (non-hydrogen) atoms. The summed E-state index contributed by atoms with van der Waals surface area (Å²) in [4.78, 5) is 29.7. The van der Waals surface area contributed by atoms with E-state index in [0.717, 1.165) is 5.57 Å². The van der Waals surface area contributed by atoms with Gasteiger partial charge in [-0.25, -0.2) is 9.78 Å². The zero-order chi connectivity index (χ0) is 16.0. The van der Waals surface area contributed by atoms with Crippen LogP contribution < -0.4 is 11.3 Å². The summed E-state index contributed by atoms with van der Waals surface area (Å²) in [6.07, 6.45) is 5.31. The number of H-pyrrole nitrogens is 1. The molecule has 0 atom stereocenters. The van der Waals surface area contributed by atoms with Crippen molar-refractivity contribution in [2.75, 3.05) is 12.8 Å². The summed E-state index contributed by atoms with van der Waals surface area (Å²) in [6.45, 7) is 7.07. The molecular weight excluding hydrogens is 270 g/mol. The summed E-state index contributed by atoms with van der Waals surface area (Å²) in [7, 11) is 1.32. The molecule has 3 N–H and O–H groups in total. The number of nitrogens with two attached hydrogens (primary N) is 1. The number of anilines is 1. The van der Waals surface area contributed by atoms with Crippen LogP contribution in [-0.2, 0) is 16.0 Å². The van der Waals surface area contributed by atoms with Crippen molar-refractivity contribution in [3.05, 3.63) is 57.6 Å². The lowest BCUT2D eigenvalue weighted by Crippen LogP contribution is -2.18. The van der Waals surface area contributed by atoms with Gasteiger partial charge in [0.15, 0.2) is 0 Å². The Kier molecular flexibility index (Phi) is 5.66. The fourth-order valence-corrected chi connectivity index (χ4v) is 1.70. The number of methoxy groups -OCH3 is 1. The van der Waals surface area contributed by atoms with Crippen molar-refractivity contribution in [1.82, 2.24) is 9.97 Å². The Labute approximate surface area is 123 Å². The zero-order valence-corrected chi connectivity index (χ0v) is 12.4. The molecule has 0 aliphatic carbocycles. The first kappa shape index (κ1) is 16.4. The number of aromatic amines is 1. The molecule has 6 nitrogen and oxygen atoms in total. The number of hydrogen-bond acceptors (Lipinski definition) is 5. The van der Waals surface area contributed by atoms with Gasteiger partial charge in [-0.2, -0.15) is 0 Å². The number of carbonyl (C=O) groups is 1. The average molecular weight is 289 g/mol. The predicted molar refractivity (Wildman–Crippen MR) is 81.8 cm³/mol. The lowest BCUT2D eigenvalue weighted by atomic mass is 10.0. The molecular formula is C15H19N3O3. The van der Waals surface area contributed by atoms with Crippen LogP contribution in [0.1, 0.15) is 18.2 Å². The van der Waals surface area contributed by atoms with E-state index in [-0.39, 0.29) is 11.5 Å². The minimum absolute atomic E-state index is 0.0896. The normalized spacial score (nSPS) is 12.1. The van der Waals surface area contributed by atoms with Crippen molar-refractivity contribution in [2.45, 2.75) is 20.3 Å². The van der Waals surface area contributed by atoms with E-state index in [1.165, 1.54) is 7.11 Å². The molecule has 0 amide bonds. The van der Waals surface area contributed by atoms with E-state index in [4.69, 9.17) is 5.73 Å². The molecule has 0 aromatic carbocycles. The van der Waals surface area contributed by atoms with Crippen molar-refractivity contribution in [1.29, 1.82) is 0 Å². The summed E-state index contributed by atoms with van der Waals surface area (Å²) in [5.74, 6) is -0.315. The van der Waals surface area contributed by atoms with E-state index in [0.29, 0.717) is 23.3 Å². The van der Waals surface area contributed by atoms with Crippen molar-refractivity contribution < 1.29 is 9.53 Å². The topological polar surface area (TPSA) is 98.1 Å². The molecule has 6 heteroatoms. The average Bonchev–Trinajstić information content (AvgIpc) is 2.44. The van der Waals surface area contributed by atoms with Gasteiger partial charge in [-0.15, -0.1) is 0 Å². The number of nitrogen functional groups attached to an aromatic ring is 1. The quantitative estimate of drug-likeness (QED) is 0.485. The summed E-state index contributed by atoms with van der Waals surface area (Å²) < 4.78 is 4.61. The molecule has 1 aromatic rings. The number of esters is 1.